The molecule has 1 amide bonds. The van der Waals surface area contributed by atoms with Gasteiger partial charge in [0.1, 0.15) is 11.4 Å². The van der Waals surface area contributed by atoms with E-state index >= 15 is 0 Å². The number of aromatic nitrogens is 3. The summed E-state index contributed by atoms with van der Waals surface area (Å²) >= 11 is 3.19. The maximum absolute atomic E-state index is 12.5. The van der Waals surface area contributed by atoms with E-state index in [1.807, 2.05) is 20.8 Å². The van der Waals surface area contributed by atoms with Crippen molar-refractivity contribution >= 4 is 27.5 Å². The third-order valence-electron chi connectivity index (χ3n) is 3.28. The van der Waals surface area contributed by atoms with E-state index in [9.17, 15) is 9.59 Å². The van der Waals surface area contributed by atoms with E-state index in [0.717, 1.165) is 5.69 Å². The van der Waals surface area contributed by atoms with E-state index in [0.29, 0.717) is 16.7 Å². The first-order valence-corrected chi connectivity index (χ1v) is 7.87. The van der Waals surface area contributed by atoms with Crippen LogP contribution in [0.3, 0.4) is 0 Å². The first-order valence-electron chi connectivity index (χ1n) is 7.08. The first kappa shape index (κ1) is 16.5. The molecule has 0 radical (unpaired) electrons. The van der Waals surface area contributed by atoms with E-state index in [4.69, 9.17) is 0 Å². The SMILES string of the molecule is CCn1nc(C(C)C)cc1C(=O)Nc1cn(C)cc(Br)c1=O. The zero-order chi connectivity index (χ0) is 16.4. The normalized spacial score (nSPS) is 11.0. The monoisotopic (exact) mass is 366 g/mol. The Bertz CT molecular complexity index is 761. The molecule has 0 saturated heterocycles. The van der Waals surface area contributed by atoms with Crippen LogP contribution >= 0.6 is 15.9 Å². The molecule has 2 aromatic rings. The van der Waals surface area contributed by atoms with E-state index in [1.54, 1.807) is 34.8 Å². The fourth-order valence-corrected chi connectivity index (χ4v) is 2.62. The van der Waals surface area contributed by atoms with Crippen molar-refractivity contribution in [3.8, 4) is 0 Å². The van der Waals surface area contributed by atoms with Gasteiger partial charge in [0.05, 0.1) is 10.2 Å². The van der Waals surface area contributed by atoms with Crippen LogP contribution < -0.4 is 10.7 Å². The molecule has 0 atom stereocenters. The summed E-state index contributed by atoms with van der Waals surface area (Å²) < 4.78 is 3.75. The molecule has 6 nitrogen and oxygen atoms in total. The van der Waals surface area contributed by atoms with Gasteiger partial charge < -0.3 is 9.88 Å². The molecular weight excluding hydrogens is 348 g/mol. The molecular formula is C15H19BrN4O2. The minimum absolute atomic E-state index is 0.233. The number of anilines is 1. The van der Waals surface area contributed by atoms with Crippen molar-refractivity contribution in [2.24, 2.45) is 7.05 Å². The average Bonchev–Trinajstić information content (AvgIpc) is 2.88. The molecule has 0 aromatic carbocycles. The lowest BCUT2D eigenvalue weighted by atomic mass is 10.1. The number of hydrogen-bond acceptors (Lipinski definition) is 3. The van der Waals surface area contributed by atoms with Crippen LogP contribution in [-0.2, 0) is 13.6 Å². The molecule has 0 bridgehead atoms. The molecule has 0 aliphatic carbocycles. The number of carbonyl (C=O) groups excluding carboxylic acids is 1. The van der Waals surface area contributed by atoms with E-state index in [-0.39, 0.29) is 22.9 Å². The number of nitrogens with zero attached hydrogens (tertiary/aromatic N) is 3. The minimum Gasteiger partial charge on any atom is -0.354 e. The van der Waals surface area contributed by atoms with Gasteiger partial charge in [-0.05, 0) is 34.8 Å². The second-order valence-corrected chi connectivity index (χ2v) is 6.25. The van der Waals surface area contributed by atoms with Gasteiger partial charge in [-0.3, -0.25) is 14.3 Å². The van der Waals surface area contributed by atoms with Gasteiger partial charge >= 0.3 is 0 Å². The lowest BCUT2D eigenvalue weighted by Crippen LogP contribution is -2.22. The summed E-state index contributed by atoms with van der Waals surface area (Å²) in [5.41, 5.74) is 1.29. The Hall–Kier alpha value is -1.89. The predicted molar refractivity (Wildman–Crippen MR) is 89.3 cm³/mol. The number of halogens is 1. The molecule has 2 aromatic heterocycles. The van der Waals surface area contributed by atoms with Crippen LogP contribution in [0.25, 0.3) is 0 Å². The summed E-state index contributed by atoms with van der Waals surface area (Å²) in [6.07, 6.45) is 3.23. The zero-order valence-electron chi connectivity index (χ0n) is 13.1. The van der Waals surface area contributed by atoms with E-state index in [2.05, 4.69) is 26.3 Å². The number of hydrogen-bond donors (Lipinski definition) is 1. The van der Waals surface area contributed by atoms with Gasteiger partial charge in [-0.15, -0.1) is 0 Å². The third-order valence-corrected chi connectivity index (χ3v) is 3.85. The molecule has 22 heavy (non-hydrogen) atoms. The van der Waals surface area contributed by atoms with E-state index in [1.165, 1.54) is 0 Å². The van der Waals surface area contributed by atoms with Gasteiger partial charge in [0.25, 0.3) is 5.91 Å². The first-order chi connectivity index (χ1) is 10.3. The van der Waals surface area contributed by atoms with Crippen molar-refractivity contribution in [3.05, 3.63) is 44.5 Å². The van der Waals surface area contributed by atoms with Crippen LogP contribution in [0.15, 0.2) is 27.7 Å². The Kier molecular flexibility index (Phi) is 4.85. The van der Waals surface area contributed by atoms with Gasteiger partial charge in [-0.1, -0.05) is 13.8 Å². The van der Waals surface area contributed by atoms with Gasteiger partial charge in [-0.25, -0.2) is 0 Å². The highest BCUT2D eigenvalue weighted by Gasteiger charge is 2.17. The summed E-state index contributed by atoms with van der Waals surface area (Å²) in [7, 11) is 1.78. The number of rotatable bonds is 4. The lowest BCUT2D eigenvalue weighted by Gasteiger charge is -2.08. The smallest absolute Gasteiger partial charge is 0.274 e. The third kappa shape index (κ3) is 3.30. The highest BCUT2D eigenvalue weighted by Crippen LogP contribution is 2.16. The largest absolute Gasteiger partial charge is 0.354 e. The molecule has 0 saturated carbocycles. The van der Waals surface area contributed by atoms with Crippen LogP contribution in [0.1, 0.15) is 42.9 Å². The molecule has 7 heteroatoms. The Morgan fingerprint density at radius 2 is 2.09 bits per heavy atom. The molecule has 0 spiro atoms. The van der Waals surface area contributed by atoms with Crippen LogP contribution in [-0.4, -0.2) is 20.3 Å². The van der Waals surface area contributed by atoms with Crippen molar-refractivity contribution in [1.29, 1.82) is 0 Å². The predicted octanol–water partition coefficient (Wildman–Crippen LogP) is 2.74. The van der Waals surface area contributed by atoms with Crippen LogP contribution in [0.4, 0.5) is 5.69 Å². The maximum atomic E-state index is 12.5. The highest BCUT2D eigenvalue weighted by atomic mass is 79.9. The Morgan fingerprint density at radius 3 is 2.68 bits per heavy atom. The van der Waals surface area contributed by atoms with Gasteiger partial charge in [0.15, 0.2) is 0 Å². The van der Waals surface area contributed by atoms with Crippen LogP contribution in [0.2, 0.25) is 0 Å². The molecule has 0 unspecified atom stereocenters. The number of amides is 1. The Labute approximate surface area is 137 Å². The van der Waals surface area contributed by atoms with E-state index < -0.39 is 0 Å². The second kappa shape index (κ2) is 6.48. The quantitative estimate of drug-likeness (QED) is 0.904. The number of carbonyl (C=O) groups is 1. The summed E-state index contributed by atoms with van der Waals surface area (Å²) in [6, 6.07) is 1.77. The Balaban J connectivity index is 2.36. The summed E-state index contributed by atoms with van der Waals surface area (Å²) in [4.78, 5) is 24.5. The molecule has 0 fully saturated rings. The molecule has 1 N–H and O–H groups in total. The summed E-state index contributed by atoms with van der Waals surface area (Å²) in [5, 5.41) is 7.08. The van der Waals surface area contributed by atoms with Crippen molar-refractivity contribution < 1.29 is 4.79 Å². The fourth-order valence-electron chi connectivity index (χ4n) is 2.08. The van der Waals surface area contributed by atoms with Gasteiger partial charge in [0, 0.05) is 26.0 Å². The molecule has 118 valence electrons. The molecule has 0 aliphatic rings. The minimum atomic E-state index is -0.337. The average molecular weight is 367 g/mol. The zero-order valence-corrected chi connectivity index (χ0v) is 14.6. The Morgan fingerprint density at radius 1 is 1.41 bits per heavy atom. The van der Waals surface area contributed by atoms with Crippen molar-refractivity contribution in [2.75, 3.05) is 5.32 Å². The van der Waals surface area contributed by atoms with Crippen molar-refractivity contribution in [3.63, 3.8) is 0 Å². The topological polar surface area (TPSA) is 68.9 Å². The summed E-state index contributed by atoms with van der Waals surface area (Å²) in [5.74, 6) is -0.102. The number of aryl methyl sites for hydroxylation is 2. The van der Waals surface area contributed by atoms with Crippen molar-refractivity contribution in [2.45, 2.75) is 33.2 Å². The second-order valence-electron chi connectivity index (χ2n) is 5.39. The fraction of sp³-hybridized carbons (Fsp3) is 0.400. The van der Waals surface area contributed by atoms with Crippen LogP contribution in [0, 0.1) is 0 Å². The van der Waals surface area contributed by atoms with Gasteiger partial charge in [-0.2, -0.15) is 5.10 Å². The number of pyridine rings is 1. The molecule has 2 heterocycles. The molecule has 0 aliphatic heterocycles. The van der Waals surface area contributed by atoms with Gasteiger partial charge in [0.2, 0.25) is 5.43 Å². The lowest BCUT2D eigenvalue weighted by molar-refractivity contribution is 0.101. The summed E-state index contributed by atoms with van der Waals surface area (Å²) in [6.45, 7) is 6.56. The standard InChI is InChI=1S/C15H19BrN4O2/c1-5-20-13(6-11(18-20)9(2)3)15(22)17-12-8-19(4)7-10(16)14(12)21/h6-9H,5H2,1-4H3,(H,17,22). The van der Waals surface area contributed by atoms with Crippen molar-refractivity contribution in [1.82, 2.24) is 14.3 Å². The van der Waals surface area contributed by atoms with Crippen LogP contribution in [0.5, 0.6) is 0 Å². The highest BCUT2D eigenvalue weighted by molar-refractivity contribution is 9.10. The molecule has 2 rings (SSSR count). The maximum Gasteiger partial charge on any atom is 0.274 e. The number of nitrogens with one attached hydrogen (secondary N) is 1.